The standard InChI is InChI=1S/C28H32N6.C2H6/c1-4-28(2,30)20-12-14-21(15-13-20)34-26(22-11-8-18-31-25(22)29)32-23-16-17-24(33(3)27(23)34)19-9-6-5-7-10-19;1-2/h5-18,26-27,32H,4,30H2,1-3H3,(H2,29,31);1-2H3. The highest BCUT2D eigenvalue weighted by atomic mass is 15.5. The summed E-state index contributed by atoms with van der Waals surface area (Å²) < 4.78 is 0. The van der Waals surface area contributed by atoms with Gasteiger partial charge in [-0.05, 0) is 60.9 Å². The Labute approximate surface area is 215 Å². The van der Waals surface area contributed by atoms with Gasteiger partial charge < -0.3 is 26.6 Å². The number of benzene rings is 2. The number of likely N-dealkylation sites (N-methyl/N-ethyl adjacent to an activating group) is 1. The number of nitrogens with zero attached hydrogens (tertiary/aromatic N) is 3. The topological polar surface area (TPSA) is 83.4 Å². The van der Waals surface area contributed by atoms with Crippen LogP contribution in [0.4, 0.5) is 11.5 Å². The van der Waals surface area contributed by atoms with Crippen LogP contribution in [0, 0.1) is 0 Å². The van der Waals surface area contributed by atoms with Crippen LogP contribution in [0.1, 0.15) is 57.0 Å². The van der Waals surface area contributed by atoms with Crippen molar-refractivity contribution in [1.29, 1.82) is 0 Å². The van der Waals surface area contributed by atoms with Gasteiger partial charge >= 0.3 is 0 Å². The maximum absolute atomic E-state index is 6.51. The third-order valence-corrected chi connectivity index (χ3v) is 7.09. The molecule has 188 valence electrons. The van der Waals surface area contributed by atoms with E-state index in [9.17, 15) is 0 Å². The minimum absolute atomic E-state index is 0.0221. The zero-order chi connectivity index (χ0) is 25.9. The molecule has 3 atom stereocenters. The van der Waals surface area contributed by atoms with E-state index in [1.165, 1.54) is 5.56 Å². The number of rotatable bonds is 5. The summed E-state index contributed by atoms with van der Waals surface area (Å²) in [4.78, 5) is 9.05. The number of nitrogen functional groups attached to an aromatic ring is 1. The Balaban J connectivity index is 0.00000148. The van der Waals surface area contributed by atoms with E-state index in [4.69, 9.17) is 11.5 Å². The molecular formula is C30H38N6. The second-order valence-corrected chi connectivity index (χ2v) is 9.27. The number of aromatic nitrogens is 1. The molecule has 3 unspecified atom stereocenters. The van der Waals surface area contributed by atoms with Crippen molar-refractivity contribution in [1.82, 2.24) is 15.2 Å². The predicted molar refractivity (Wildman–Crippen MR) is 151 cm³/mol. The molecule has 0 bridgehead atoms. The lowest BCUT2D eigenvalue weighted by Gasteiger charge is -2.39. The lowest BCUT2D eigenvalue weighted by molar-refractivity contribution is 0.384. The van der Waals surface area contributed by atoms with Gasteiger partial charge in [0.15, 0.2) is 0 Å². The molecule has 1 fully saturated rings. The lowest BCUT2D eigenvalue weighted by Crippen LogP contribution is -2.44. The normalized spacial score (nSPS) is 20.3. The molecule has 36 heavy (non-hydrogen) atoms. The first kappa shape index (κ1) is 25.3. The summed E-state index contributed by atoms with van der Waals surface area (Å²) in [6.07, 6.45) is 6.77. The van der Waals surface area contributed by atoms with Gasteiger partial charge in [0, 0.05) is 35.7 Å². The molecule has 5 rings (SSSR count). The Morgan fingerprint density at radius 3 is 2.31 bits per heavy atom. The van der Waals surface area contributed by atoms with Crippen LogP contribution >= 0.6 is 0 Å². The van der Waals surface area contributed by atoms with E-state index in [1.54, 1.807) is 6.20 Å². The first-order valence-corrected chi connectivity index (χ1v) is 12.8. The van der Waals surface area contributed by atoms with Gasteiger partial charge in [-0.15, -0.1) is 0 Å². The molecule has 5 N–H and O–H groups in total. The van der Waals surface area contributed by atoms with Crippen molar-refractivity contribution in [3.05, 3.63) is 107 Å². The van der Waals surface area contributed by atoms with E-state index in [0.717, 1.165) is 34.6 Å². The molecule has 0 amide bonds. The predicted octanol–water partition coefficient (Wildman–Crippen LogP) is 5.58. The van der Waals surface area contributed by atoms with Gasteiger partial charge in [-0.25, -0.2) is 4.98 Å². The summed E-state index contributed by atoms with van der Waals surface area (Å²) in [7, 11) is 2.14. The Kier molecular flexibility index (Phi) is 7.36. The number of hydrogen-bond acceptors (Lipinski definition) is 6. The average Bonchev–Trinajstić information content (AvgIpc) is 3.31. The zero-order valence-electron chi connectivity index (χ0n) is 21.9. The first-order valence-electron chi connectivity index (χ1n) is 12.8. The monoisotopic (exact) mass is 482 g/mol. The molecule has 3 heterocycles. The summed E-state index contributed by atoms with van der Waals surface area (Å²) in [6.45, 7) is 8.19. The molecular weight excluding hydrogens is 444 g/mol. The molecule has 2 aromatic carbocycles. The fourth-order valence-electron chi connectivity index (χ4n) is 4.85. The lowest BCUT2D eigenvalue weighted by atomic mass is 9.90. The number of pyridine rings is 1. The average molecular weight is 483 g/mol. The van der Waals surface area contributed by atoms with Crippen molar-refractivity contribution in [3.63, 3.8) is 0 Å². The number of allylic oxidation sites excluding steroid dienone is 2. The van der Waals surface area contributed by atoms with Crippen LogP contribution in [0.15, 0.2) is 90.8 Å². The van der Waals surface area contributed by atoms with E-state index in [1.807, 2.05) is 32.0 Å². The van der Waals surface area contributed by atoms with Crippen LogP contribution in [0.2, 0.25) is 0 Å². The Morgan fingerprint density at radius 2 is 1.67 bits per heavy atom. The van der Waals surface area contributed by atoms with Crippen LogP contribution in [-0.2, 0) is 5.54 Å². The molecule has 0 saturated carbocycles. The second kappa shape index (κ2) is 10.5. The summed E-state index contributed by atoms with van der Waals surface area (Å²) in [5.41, 5.74) is 19.1. The van der Waals surface area contributed by atoms with Gasteiger partial charge in [0.05, 0.1) is 5.70 Å². The van der Waals surface area contributed by atoms with E-state index in [2.05, 4.69) is 102 Å². The molecule has 6 nitrogen and oxygen atoms in total. The summed E-state index contributed by atoms with van der Waals surface area (Å²) in [6, 6.07) is 23.1. The van der Waals surface area contributed by atoms with Crippen LogP contribution in [-0.4, -0.2) is 23.1 Å². The highest BCUT2D eigenvalue weighted by Gasteiger charge is 2.43. The smallest absolute Gasteiger partial charge is 0.145 e. The van der Waals surface area contributed by atoms with Gasteiger partial charge in [-0.1, -0.05) is 63.2 Å². The summed E-state index contributed by atoms with van der Waals surface area (Å²) in [5.74, 6) is 0.528. The molecule has 0 spiro atoms. The van der Waals surface area contributed by atoms with Crippen LogP contribution in [0.25, 0.3) is 5.70 Å². The van der Waals surface area contributed by atoms with Crippen molar-refractivity contribution in [2.75, 3.05) is 17.7 Å². The molecule has 0 aliphatic carbocycles. The highest BCUT2D eigenvalue weighted by Crippen LogP contribution is 2.42. The van der Waals surface area contributed by atoms with Crippen LogP contribution in [0.5, 0.6) is 0 Å². The van der Waals surface area contributed by atoms with E-state index in [-0.39, 0.29) is 17.9 Å². The highest BCUT2D eigenvalue weighted by molar-refractivity contribution is 5.70. The first-order chi connectivity index (χ1) is 17.4. The SMILES string of the molecule is CC.CCC(C)(N)c1ccc(N2C(c3cccnc3N)NC3=CC=C(c4ccccc4)N(C)C32)cc1. The van der Waals surface area contributed by atoms with E-state index >= 15 is 0 Å². The molecule has 1 aromatic heterocycles. The van der Waals surface area contributed by atoms with Gasteiger partial charge in [-0.2, -0.15) is 0 Å². The number of fused-ring (bicyclic) bond motifs is 1. The summed E-state index contributed by atoms with van der Waals surface area (Å²) >= 11 is 0. The number of nitrogens with two attached hydrogens (primary N) is 2. The summed E-state index contributed by atoms with van der Waals surface area (Å²) in [5, 5.41) is 3.71. The molecule has 6 heteroatoms. The largest absolute Gasteiger partial charge is 0.383 e. The number of anilines is 2. The van der Waals surface area contributed by atoms with Crippen molar-refractivity contribution >= 4 is 17.2 Å². The van der Waals surface area contributed by atoms with E-state index in [0.29, 0.717) is 5.82 Å². The molecule has 3 aromatic rings. The molecule has 2 aliphatic heterocycles. The minimum Gasteiger partial charge on any atom is -0.383 e. The van der Waals surface area contributed by atoms with Crippen molar-refractivity contribution in [2.45, 2.75) is 52.0 Å². The maximum atomic E-state index is 6.51. The van der Waals surface area contributed by atoms with Crippen molar-refractivity contribution in [3.8, 4) is 0 Å². The molecule has 2 aliphatic rings. The van der Waals surface area contributed by atoms with Gasteiger partial charge in [0.2, 0.25) is 0 Å². The Morgan fingerprint density at radius 1 is 0.972 bits per heavy atom. The zero-order valence-corrected chi connectivity index (χ0v) is 21.9. The molecule has 0 radical (unpaired) electrons. The quantitative estimate of drug-likeness (QED) is 0.440. The van der Waals surface area contributed by atoms with E-state index < -0.39 is 0 Å². The van der Waals surface area contributed by atoms with Crippen LogP contribution in [0.3, 0.4) is 0 Å². The third-order valence-electron chi connectivity index (χ3n) is 7.09. The fraction of sp³-hybridized carbons (Fsp3) is 0.300. The minimum atomic E-state index is -0.356. The fourth-order valence-corrected chi connectivity index (χ4v) is 4.85. The van der Waals surface area contributed by atoms with Crippen molar-refractivity contribution < 1.29 is 0 Å². The Bertz CT molecular complexity index is 1230. The van der Waals surface area contributed by atoms with Gasteiger partial charge in [-0.3, -0.25) is 0 Å². The number of nitrogens with one attached hydrogen (secondary N) is 1. The number of hydrogen-bond donors (Lipinski definition) is 3. The third kappa shape index (κ3) is 4.56. The van der Waals surface area contributed by atoms with Crippen LogP contribution < -0.4 is 21.7 Å². The second-order valence-electron chi connectivity index (χ2n) is 9.27. The van der Waals surface area contributed by atoms with Gasteiger partial charge in [0.1, 0.15) is 18.1 Å². The maximum Gasteiger partial charge on any atom is 0.145 e. The Hall–Kier alpha value is -3.77. The van der Waals surface area contributed by atoms with Gasteiger partial charge in [0.25, 0.3) is 0 Å². The molecule has 1 saturated heterocycles. The van der Waals surface area contributed by atoms with Crippen molar-refractivity contribution in [2.24, 2.45) is 5.73 Å².